The molecule has 2 aliphatic heterocycles. The average molecular weight is 751 g/mol. The lowest BCUT2D eigenvalue weighted by molar-refractivity contribution is -0.142. The number of likely N-dealkylation sites (N-methyl/N-ethyl adjacent to an activating group) is 2. The molecule has 12 nitrogen and oxygen atoms in total. The number of rotatable bonds is 12. The number of likely N-dealkylation sites (tertiary alicyclic amines) is 2. The topological polar surface area (TPSA) is 142 Å². The predicted molar refractivity (Wildman–Crippen MR) is 215 cm³/mol. The van der Waals surface area contributed by atoms with E-state index in [9.17, 15) is 19.5 Å². The van der Waals surface area contributed by atoms with Gasteiger partial charge in [0.15, 0.2) is 0 Å². The van der Waals surface area contributed by atoms with Crippen LogP contribution in [0.15, 0.2) is 60.9 Å². The molecule has 2 aliphatic rings. The highest BCUT2D eigenvalue weighted by Crippen LogP contribution is 2.37. The number of nitrogens with zero attached hydrogens (tertiary/aromatic N) is 6. The largest absolute Gasteiger partial charge is 0.465 e. The van der Waals surface area contributed by atoms with E-state index in [0.717, 1.165) is 89.7 Å². The number of aromatic amines is 2. The number of imidazole rings is 2. The van der Waals surface area contributed by atoms with Crippen LogP contribution in [0.25, 0.3) is 33.6 Å². The van der Waals surface area contributed by atoms with Crippen molar-refractivity contribution in [2.45, 2.75) is 98.3 Å². The Balaban J connectivity index is 1.12. The molecule has 4 heterocycles. The van der Waals surface area contributed by atoms with Crippen LogP contribution in [0.3, 0.4) is 0 Å². The maximum atomic E-state index is 14.1. The predicted octanol–water partition coefficient (Wildman–Crippen LogP) is 7.85. The molecule has 2 fully saturated rings. The average Bonchev–Trinajstić information content (AvgIpc) is 3.99. The van der Waals surface area contributed by atoms with Crippen molar-refractivity contribution in [3.05, 3.63) is 72.6 Å². The van der Waals surface area contributed by atoms with Crippen LogP contribution < -0.4 is 0 Å². The SMILES string of the molecule is CCN(CC)[C@@H](C(=O)N1CCC[C@H]1c1ncc(-c2ccc(-c3ccc(-c4cnc([C@@H]5CCCN5C(=O)[C@H](C(C)C)N(C)C(=O)O)[nH]4)cc3)cc2)[nH]1)C(C)(C)C. The van der Waals surface area contributed by atoms with Crippen LogP contribution in [-0.4, -0.2) is 108 Å². The Morgan fingerprint density at radius 1 is 0.764 bits per heavy atom. The van der Waals surface area contributed by atoms with Crippen LogP contribution in [0.4, 0.5) is 4.79 Å². The van der Waals surface area contributed by atoms with Gasteiger partial charge in [-0.2, -0.15) is 0 Å². The summed E-state index contributed by atoms with van der Waals surface area (Å²) in [6, 6.07) is 15.5. The first-order chi connectivity index (χ1) is 26.2. The molecule has 0 unspecified atom stereocenters. The van der Waals surface area contributed by atoms with Crippen molar-refractivity contribution in [3.63, 3.8) is 0 Å². The Hall–Kier alpha value is -4.97. The van der Waals surface area contributed by atoms with Gasteiger partial charge in [0.2, 0.25) is 11.8 Å². The monoisotopic (exact) mass is 750 g/mol. The molecular weight excluding hydrogens is 693 g/mol. The Kier molecular flexibility index (Phi) is 11.8. The highest BCUT2D eigenvalue weighted by Gasteiger charge is 2.43. The molecule has 0 bridgehead atoms. The van der Waals surface area contributed by atoms with Crippen molar-refractivity contribution in [3.8, 4) is 33.6 Å². The molecule has 2 aromatic carbocycles. The Morgan fingerprint density at radius 2 is 1.18 bits per heavy atom. The number of nitrogens with one attached hydrogen (secondary N) is 2. The summed E-state index contributed by atoms with van der Waals surface area (Å²) in [6.07, 6.45) is 6.02. The number of hydrogen-bond acceptors (Lipinski definition) is 6. The van der Waals surface area contributed by atoms with Gasteiger partial charge in [-0.15, -0.1) is 0 Å². The number of benzene rings is 2. The Bertz CT molecular complexity index is 1940. The van der Waals surface area contributed by atoms with Gasteiger partial charge >= 0.3 is 6.09 Å². The minimum absolute atomic E-state index is 0.0620. The number of H-pyrrole nitrogens is 2. The quantitative estimate of drug-likeness (QED) is 0.134. The van der Waals surface area contributed by atoms with E-state index in [2.05, 4.69) is 103 Å². The molecule has 12 heteroatoms. The van der Waals surface area contributed by atoms with Gasteiger partial charge < -0.3 is 24.9 Å². The minimum Gasteiger partial charge on any atom is -0.465 e. The van der Waals surface area contributed by atoms with E-state index < -0.39 is 12.1 Å². The number of amides is 3. The van der Waals surface area contributed by atoms with Crippen LogP contribution >= 0.6 is 0 Å². The highest BCUT2D eigenvalue weighted by atomic mass is 16.4. The smallest absolute Gasteiger partial charge is 0.407 e. The Labute approximate surface area is 325 Å². The van der Waals surface area contributed by atoms with Gasteiger partial charge in [-0.05, 0) is 72.4 Å². The zero-order valence-electron chi connectivity index (χ0n) is 33.7. The van der Waals surface area contributed by atoms with Gasteiger partial charge in [-0.25, -0.2) is 14.8 Å². The highest BCUT2D eigenvalue weighted by molar-refractivity contribution is 5.86. The van der Waals surface area contributed by atoms with Crippen LogP contribution in [0.2, 0.25) is 0 Å². The number of hydrogen-bond donors (Lipinski definition) is 3. The van der Waals surface area contributed by atoms with Gasteiger partial charge in [-0.3, -0.25) is 19.4 Å². The first-order valence-electron chi connectivity index (χ1n) is 19.8. The van der Waals surface area contributed by atoms with Crippen LogP contribution in [0.1, 0.15) is 97.9 Å². The standard InChI is InChI=1S/C43H58N8O4/c1-9-49(10-2)37(43(5,6)7)41(53)51-24-12-14-35(51)39-45-26-33(47-39)31-21-17-29(18-22-31)28-15-19-30(20-16-28)32-25-44-38(46-32)34-13-11-23-50(34)40(52)36(27(3)4)48(8)42(54)55/h15-22,25-27,34-37H,9-14,23-24H2,1-8H3,(H,44,46)(H,45,47)(H,54,55)/t34-,35-,36-,37-/m0/s1. The van der Waals surface area contributed by atoms with Crippen LogP contribution in [0, 0.1) is 11.3 Å². The summed E-state index contributed by atoms with van der Waals surface area (Å²) in [5.41, 5.74) is 5.79. The maximum Gasteiger partial charge on any atom is 0.407 e. The molecule has 0 saturated carbocycles. The fraction of sp³-hybridized carbons (Fsp3) is 0.512. The lowest BCUT2D eigenvalue weighted by Crippen LogP contribution is -2.54. The Morgan fingerprint density at radius 3 is 1.56 bits per heavy atom. The second-order valence-corrected chi connectivity index (χ2v) is 16.5. The third-order valence-corrected chi connectivity index (χ3v) is 11.5. The van der Waals surface area contributed by atoms with Gasteiger partial charge in [-0.1, -0.05) is 97.0 Å². The summed E-state index contributed by atoms with van der Waals surface area (Å²) in [5, 5.41) is 9.59. The van der Waals surface area contributed by atoms with Crippen LogP contribution in [-0.2, 0) is 9.59 Å². The van der Waals surface area contributed by atoms with E-state index in [1.807, 2.05) is 24.9 Å². The molecule has 294 valence electrons. The number of carbonyl (C=O) groups excluding carboxylic acids is 2. The van der Waals surface area contributed by atoms with Crippen molar-refractivity contribution in [2.75, 3.05) is 33.2 Å². The zero-order valence-corrected chi connectivity index (χ0v) is 33.7. The van der Waals surface area contributed by atoms with Crippen molar-refractivity contribution in [1.82, 2.24) is 39.5 Å². The van der Waals surface area contributed by atoms with E-state index in [1.54, 1.807) is 11.1 Å². The third kappa shape index (κ3) is 8.20. The van der Waals surface area contributed by atoms with Crippen molar-refractivity contribution in [1.29, 1.82) is 0 Å². The summed E-state index contributed by atoms with van der Waals surface area (Å²) >= 11 is 0. The summed E-state index contributed by atoms with van der Waals surface area (Å²) in [5.74, 6) is 1.40. The molecule has 0 spiro atoms. The van der Waals surface area contributed by atoms with Gasteiger partial charge in [0.05, 0.1) is 41.9 Å². The van der Waals surface area contributed by atoms with E-state index in [4.69, 9.17) is 4.98 Å². The second kappa shape index (κ2) is 16.4. The van der Waals surface area contributed by atoms with Crippen molar-refractivity contribution in [2.24, 2.45) is 11.3 Å². The van der Waals surface area contributed by atoms with Gasteiger partial charge in [0.1, 0.15) is 17.7 Å². The second-order valence-electron chi connectivity index (χ2n) is 16.5. The molecule has 55 heavy (non-hydrogen) atoms. The molecule has 0 aliphatic carbocycles. The fourth-order valence-electron chi connectivity index (χ4n) is 8.63. The molecule has 0 radical (unpaired) electrons. The molecule has 3 amide bonds. The molecule has 2 aromatic heterocycles. The van der Waals surface area contributed by atoms with Crippen molar-refractivity contribution < 1.29 is 19.5 Å². The lowest BCUT2D eigenvalue weighted by atomic mass is 9.84. The molecular formula is C43H58N8O4. The molecule has 3 N–H and O–H groups in total. The third-order valence-electron chi connectivity index (χ3n) is 11.5. The summed E-state index contributed by atoms with van der Waals surface area (Å²) in [6.45, 7) is 17.4. The first-order valence-corrected chi connectivity index (χ1v) is 19.8. The van der Waals surface area contributed by atoms with E-state index in [0.29, 0.717) is 12.4 Å². The number of aromatic nitrogens is 4. The summed E-state index contributed by atoms with van der Waals surface area (Å²) in [4.78, 5) is 63.1. The lowest BCUT2D eigenvalue weighted by Gasteiger charge is -2.41. The normalized spacial score (nSPS) is 18.7. The number of carboxylic acid groups (broad SMARTS) is 1. The molecule has 6 rings (SSSR count). The summed E-state index contributed by atoms with van der Waals surface area (Å²) < 4.78 is 0. The molecule has 2 saturated heterocycles. The number of carbonyl (C=O) groups is 3. The summed E-state index contributed by atoms with van der Waals surface area (Å²) in [7, 11) is 1.46. The first kappa shape index (κ1) is 39.7. The van der Waals surface area contributed by atoms with Gasteiger partial charge in [0, 0.05) is 20.1 Å². The molecule has 4 aromatic rings. The van der Waals surface area contributed by atoms with E-state index in [-0.39, 0.29) is 41.3 Å². The maximum absolute atomic E-state index is 14.1. The van der Waals surface area contributed by atoms with E-state index in [1.165, 1.54) is 7.05 Å². The van der Waals surface area contributed by atoms with E-state index >= 15 is 0 Å². The van der Waals surface area contributed by atoms with Gasteiger partial charge in [0.25, 0.3) is 0 Å². The minimum atomic E-state index is -1.11. The van der Waals surface area contributed by atoms with Crippen LogP contribution in [0.5, 0.6) is 0 Å². The van der Waals surface area contributed by atoms with Crippen molar-refractivity contribution >= 4 is 17.9 Å². The zero-order chi connectivity index (χ0) is 39.6. The molecule has 4 atom stereocenters. The fourth-order valence-corrected chi connectivity index (χ4v) is 8.63.